The highest BCUT2D eigenvalue weighted by atomic mass is 79.9. The first-order valence-electron chi connectivity index (χ1n) is 15.5. The maximum absolute atomic E-state index is 9.69. The van der Waals surface area contributed by atoms with Crippen LogP contribution in [0.3, 0.4) is 0 Å². The molecule has 3 heteroatoms. The molecule has 0 aliphatic heterocycles. The maximum atomic E-state index is 9.69. The highest BCUT2D eigenvalue weighted by Crippen LogP contribution is 2.21. The van der Waals surface area contributed by atoms with Crippen LogP contribution in [0.4, 0.5) is 0 Å². The fraction of sp³-hybridized carbons (Fsp3) is 0.649. The average Bonchev–Trinajstić information content (AvgIpc) is 2.92. The quantitative estimate of drug-likeness (QED) is 0.181. The van der Waals surface area contributed by atoms with E-state index in [9.17, 15) is 4.79 Å². The number of carbonyl (C=O) groups excluding carboxylic acids is 1. The Morgan fingerprint density at radius 1 is 1.02 bits per heavy atom. The van der Waals surface area contributed by atoms with Gasteiger partial charge in [-0.05, 0) is 108 Å². The molecular weight excluding hydrogens is 556 g/mol. The molecule has 0 aromatic heterocycles. The number of carbonyl (C=O) groups is 1. The van der Waals surface area contributed by atoms with Crippen molar-refractivity contribution in [2.24, 2.45) is 11.8 Å². The number of rotatable bonds is 11. The van der Waals surface area contributed by atoms with Crippen LogP contribution in [0.2, 0.25) is 0 Å². The van der Waals surface area contributed by atoms with Crippen molar-refractivity contribution in [3.8, 4) is 0 Å². The van der Waals surface area contributed by atoms with E-state index in [1.165, 1.54) is 52.6 Å². The number of allylic oxidation sites excluding steroid dienone is 5. The van der Waals surface area contributed by atoms with Crippen molar-refractivity contribution in [2.75, 3.05) is 6.61 Å². The Morgan fingerprint density at radius 3 is 1.90 bits per heavy atom. The van der Waals surface area contributed by atoms with Crippen LogP contribution in [0.25, 0.3) is 0 Å². The molecule has 0 saturated heterocycles. The van der Waals surface area contributed by atoms with Crippen LogP contribution in [0.1, 0.15) is 132 Å². The second-order valence-corrected chi connectivity index (χ2v) is 11.6. The molecule has 234 valence electrons. The molecule has 1 atom stereocenters. The SMILES string of the molecule is C/C=C(\C=C/C(C)CCC)C(C)C.C=CC(C)=O.CC.CCCOC(C)(C)CC.CCc1cc(C)c(Br)cc1C. The molecule has 0 bridgehead atoms. The molecule has 0 heterocycles. The monoisotopic (exact) mass is 622 g/mol. The third-order valence-electron chi connectivity index (χ3n) is 6.20. The number of hydrogen-bond donors (Lipinski definition) is 0. The third-order valence-corrected chi connectivity index (χ3v) is 7.05. The number of halogens is 1. The summed E-state index contributed by atoms with van der Waals surface area (Å²) in [6, 6.07) is 4.44. The fourth-order valence-electron chi connectivity index (χ4n) is 3.15. The molecule has 0 aliphatic rings. The zero-order valence-corrected chi connectivity index (χ0v) is 30.8. The molecule has 0 saturated carbocycles. The van der Waals surface area contributed by atoms with E-state index < -0.39 is 0 Å². The van der Waals surface area contributed by atoms with Gasteiger partial charge in [-0.25, -0.2) is 0 Å². The third kappa shape index (κ3) is 28.1. The molecule has 1 unspecified atom stereocenters. The molecule has 0 aliphatic carbocycles. The van der Waals surface area contributed by atoms with E-state index in [0.29, 0.717) is 5.92 Å². The zero-order chi connectivity index (χ0) is 32.3. The Bertz CT molecular complexity index is 816. The van der Waals surface area contributed by atoms with Crippen molar-refractivity contribution in [1.82, 2.24) is 0 Å². The minimum atomic E-state index is 0.0185. The van der Waals surface area contributed by atoms with Crippen molar-refractivity contribution in [3.63, 3.8) is 0 Å². The van der Waals surface area contributed by atoms with E-state index in [2.05, 4.69) is 136 Å². The smallest absolute Gasteiger partial charge is 0.152 e. The molecule has 1 aromatic carbocycles. The fourth-order valence-corrected chi connectivity index (χ4v) is 3.61. The van der Waals surface area contributed by atoms with Gasteiger partial charge in [0.1, 0.15) is 0 Å². The summed E-state index contributed by atoms with van der Waals surface area (Å²) in [7, 11) is 0. The minimum absolute atomic E-state index is 0.0185. The lowest BCUT2D eigenvalue weighted by Crippen LogP contribution is -2.23. The molecule has 1 aromatic rings. The van der Waals surface area contributed by atoms with Gasteiger partial charge in [0.2, 0.25) is 0 Å². The lowest BCUT2D eigenvalue weighted by molar-refractivity contribution is -0.112. The van der Waals surface area contributed by atoms with E-state index in [4.69, 9.17) is 4.74 Å². The molecule has 0 spiro atoms. The number of aryl methyl sites for hydroxylation is 3. The Balaban J connectivity index is -0.000000220. The van der Waals surface area contributed by atoms with Crippen molar-refractivity contribution in [3.05, 3.63) is 69.8 Å². The van der Waals surface area contributed by atoms with E-state index in [1.807, 2.05) is 13.8 Å². The Labute approximate surface area is 260 Å². The first kappa shape index (κ1) is 45.5. The molecule has 0 fully saturated rings. The van der Waals surface area contributed by atoms with Crippen molar-refractivity contribution < 1.29 is 9.53 Å². The molecule has 1 rings (SSSR count). The Morgan fingerprint density at radius 2 is 1.55 bits per heavy atom. The second-order valence-electron chi connectivity index (χ2n) is 10.7. The summed E-state index contributed by atoms with van der Waals surface area (Å²) < 4.78 is 6.74. The Kier molecular flexibility index (Phi) is 33.1. The van der Waals surface area contributed by atoms with Crippen LogP contribution in [0, 0.1) is 25.7 Å². The van der Waals surface area contributed by atoms with Gasteiger partial charge in [0, 0.05) is 11.1 Å². The summed E-state index contributed by atoms with van der Waals surface area (Å²) in [5.74, 6) is 1.39. The predicted molar refractivity (Wildman–Crippen MR) is 188 cm³/mol. The predicted octanol–water partition coefficient (Wildman–Crippen LogP) is 12.6. The summed E-state index contributed by atoms with van der Waals surface area (Å²) in [5, 5.41) is 0. The summed E-state index contributed by atoms with van der Waals surface area (Å²) in [4.78, 5) is 9.69. The van der Waals surface area contributed by atoms with Gasteiger partial charge in [-0.2, -0.15) is 0 Å². The van der Waals surface area contributed by atoms with Gasteiger partial charge in [0.05, 0.1) is 5.60 Å². The molecule has 0 N–H and O–H groups in total. The van der Waals surface area contributed by atoms with Crippen LogP contribution in [-0.2, 0) is 16.0 Å². The molecule has 0 radical (unpaired) electrons. The molecule has 2 nitrogen and oxygen atoms in total. The van der Waals surface area contributed by atoms with Crippen molar-refractivity contribution in [2.45, 2.75) is 142 Å². The number of benzene rings is 1. The lowest BCUT2D eigenvalue weighted by atomic mass is 9.99. The van der Waals surface area contributed by atoms with Gasteiger partial charge >= 0.3 is 0 Å². The first-order valence-corrected chi connectivity index (χ1v) is 16.3. The number of ketones is 1. The summed E-state index contributed by atoms with van der Waals surface area (Å²) in [6.45, 7) is 35.7. The van der Waals surface area contributed by atoms with Crippen LogP contribution in [0.5, 0.6) is 0 Å². The highest BCUT2D eigenvalue weighted by Gasteiger charge is 2.13. The van der Waals surface area contributed by atoms with Crippen LogP contribution in [-0.4, -0.2) is 18.0 Å². The summed E-state index contributed by atoms with van der Waals surface area (Å²) >= 11 is 3.51. The van der Waals surface area contributed by atoms with Gasteiger partial charge in [-0.15, -0.1) is 0 Å². The van der Waals surface area contributed by atoms with Gasteiger partial charge in [0.25, 0.3) is 0 Å². The van der Waals surface area contributed by atoms with Crippen LogP contribution >= 0.6 is 15.9 Å². The maximum Gasteiger partial charge on any atom is 0.152 e. The zero-order valence-electron chi connectivity index (χ0n) is 29.3. The normalized spacial score (nSPS) is 11.6. The van der Waals surface area contributed by atoms with Gasteiger partial charge in [0.15, 0.2) is 5.78 Å². The standard InChI is InChI=1S/C13H24.C10H13Br.C8H18O.C4H6O.C2H6/c1-6-8-12(5)9-10-13(7-2)11(3)4;1-4-9-5-8(3)10(11)6-7(9)2;1-5-7-9-8(3,4)6-2;1-3-4(2)5;1-2/h7,9-12H,6,8H2,1-5H3;5-6H,4H2,1-3H3;5-7H2,1-4H3;3H,1H2,2H3;1-2H3/b10-9-,13-7+;;;;. The molecule has 0 amide bonds. The van der Waals surface area contributed by atoms with Crippen LogP contribution in [0.15, 0.2) is 53.1 Å². The number of ether oxygens (including phenoxy) is 1. The largest absolute Gasteiger partial charge is 0.376 e. The summed E-state index contributed by atoms with van der Waals surface area (Å²) in [6.07, 6.45) is 14.0. The lowest BCUT2D eigenvalue weighted by Gasteiger charge is -2.22. The van der Waals surface area contributed by atoms with Crippen molar-refractivity contribution in [1.29, 1.82) is 0 Å². The van der Waals surface area contributed by atoms with Gasteiger partial charge in [-0.3, -0.25) is 4.79 Å². The minimum Gasteiger partial charge on any atom is -0.376 e. The summed E-state index contributed by atoms with van der Waals surface area (Å²) in [5.41, 5.74) is 5.70. The van der Waals surface area contributed by atoms with E-state index in [1.54, 1.807) is 0 Å². The van der Waals surface area contributed by atoms with E-state index in [0.717, 1.165) is 31.8 Å². The molecule has 40 heavy (non-hydrogen) atoms. The second kappa shape index (κ2) is 29.1. The van der Waals surface area contributed by atoms with Crippen LogP contribution < -0.4 is 0 Å². The van der Waals surface area contributed by atoms with E-state index >= 15 is 0 Å². The Hall–Kier alpha value is -1.45. The van der Waals surface area contributed by atoms with Gasteiger partial charge in [-0.1, -0.05) is 121 Å². The average molecular weight is 624 g/mol. The first-order chi connectivity index (χ1) is 18.7. The van der Waals surface area contributed by atoms with Crippen molar-refractivity contribution >= 4 is 21.7 Å². The van der Waals surface area contributed by atoms with Gasteiger partial charge < -0.3 is 4.74 Å². The molecular formula is C37H67BrO2. The van der Waals surface area contributed by atoms with E-state index in [-0.39, 0.29) is 11.4 Å². The number of hydrogen-bond acceptors (Lipinski definition) is 2. The topological polar surface area (TPSA) is 26.3 Å². The highest BCUT2D eigenvalue weighted by molar-refractivity contribution is 9.10.